The molecule has 0 aliphatic rings. The lowest BCUT2D eigenvalue weighted by molar-refractivity contribution is 0.475. The highest BCUT2D eigenvalue weighted by Crippen LogP contribution is 2.23. The lowest BCUT2D eigenvalue weighted by Gasteiger charge is -2.16. The lowest BCUT2D eigenvalue weighted by atomic mass is 9.90. The molecule has 1 heteroatoms. The third-order valence-corrected chi connectivity index (χ3v) is 6.44. The number of phenols is 1. The molecule has 0 fully saturated rings. The largest absolute Gasteiger partial charge is 0.508 e. The zero-order chi connectivity index (χ0) is 24.3. The van der Waals surface area contributed by atoms with Crippen LogP contribution in [-0.4, -0.2) is 5.11 Å². The summed E-state index contributed by atoms with van der Waals surface area (Å²) in [4.78, 5) is 0. The molecule has 0 atom stereocenters. The topological polar surface area (TPSA) is 20.2 Å². The van der Waals surface area contributed by atoms with Gasteiger partial charge in [-0.25, -0.2) is 0 Å². The highest BCUT2D eigenvalue weighted by atomic mass is 16.3. The van der Waals surface area contributed by atoms with E-state index in [1.165, 1.54) is 82.6 Å². The van der Waals surface area contributed by atoms with E-state index in [-0.39, 0.29) is 0 Å². The SMILES string of the molecule is CCCCCCCc1cccc(Cc2ccccc2)c1CCCCCCC.Oc1ccccc1. The van der Waals surface area contributed by atoms with Crippen LogP contribution in [0.15, 0.2) is 78.9 Å². The summed E-state index contributed by atoms with van der Waals surface area (Å²) in [6.07, 6.45) is 17.3. The average molecular weight is 459 g/mol. The van der Waals surface area contributed by atoms with E-state index in [2.05, 4.69) is 62.4 Å². The lowest BCUT2D eigenvalue weighted by Crippen LogP contribution is -2.02. The predicted octanol–water partition coefficient (Wildman–Crippen LogP) is 9.70. The van der Waals surface area contributed by atoms with Crippen LogP contribution < -0.4 is 0 Å². The molecule has 0 aromatic heterocycles. The molecule has 0 saturated heterocycles. The molecule has 0 bridgehead atoms. The summed E-state index contributed by atoms with van der Waals surface area (Å²) in [5.41, 5.74) is 6.27. The number of hydrogen-bond acceptors (Lipinski definition) is 1. The summed E-state index contributed by atoms with van der Waals surface area (Å²) in [6, 6.07) is 26.7. The van der Waals surface area contributed by atoms with Gasteiger partial charge in [-0.1, -0.05) is 132 Å². The van der Waals surface area contributed by atoms with E-state index in [1.807, 2.05) is 6.07 Å². The Bertz CT molecular complexity index is 870. The zero-order valence-corrected chi connectivity index (χ0v) is 21.6. The smallest absolute Gasteiger partial charge is 0.115 e. The molecule has 0 amide bonds. The van der Waals surface area contributed by atoms with Crippen molar-refractivity contribution in [2.45, 2.75) is 97.3 Å². The summed E-state index contributed by atoms with van der Waals surface area (Å²) < 4.78 is 0. The van der Waals surface area contributed by atoms with Gasteiger partial charge in [0.1, 0.15) is 5.75 Å². The molecule has 0 unspecified atom stereocenters. The number of phenolic OH excluding ortho intramolecular Hbond substituents is 1. The maximum Gasteiger partial charge on any atom is 0.115 e. The second-order valence-electron chi connectivity index (χ2n) is 9.38. The Morgan fingerprint density at radius 1 is 0.500 bits per heavy atom. The molecule has 1 N–H and O–H groups in total. The fourth-order valence-corrected chi connectivity index (χ4v) is 4.48. The van der Waals surface area contributed by atoms with Crippen LogP contribution in [0.3, 0.4) is 0 Å². The molecule has 1 nitrogen and oxygen atoms in total. The summed E-state index contributed by atoms with van der Waals surface area (Å²) in [5.74, 6) is 0.322. The minimum absolute atomic E-state index is 0.322. The van der Waals surface area contributed by atoms with Crippen molar-refractivity contribution in [3.63, 3.8) is 0 Å². The van der Waals surface area contributed by atoms with E-state index in [9.17, 15) is 0 Å². The van der Waals surface area contributed by atoms with Crippen molar-refractivity contribution in [3.05, 3.63) is 101 Å². The molecular weight excluding hydrogens is 412 g/mol. The van der Waals surface area contributed by atoms with Crippen molar-refractivity contribution < 1.29 is 5.11 Å². The monoisotopic (exact) mass is 458 g/mol. The molecule has 0 saturated carbocycles. The number of benzene rings is 3. The number of para-hydroxylation sites is 1. The standard InChI is InChI=1S/C27H40.C6H6O/c1-3-5-7-9-14-19-25-20-16-21-26(23-24-17-12-11-13-18-24)27(25)22-15-10-8-6-4-2;7-6-4-2-1-3-5-6/h11-13,16-18,20-21H,3-10,14-15,19,22-23H2,1-2H3;1-5,7H. The number of hydrogen-bond donors (Lipinski definition) is 1. The molecule has 3 rings (SSSR count). The molecule has 0 spiro atoms. The molecule has 0 radical (unpaired) electrons. The maximum atomic E-state index is 8.63. The number of unbranched alkanes of at least 4 members (excludes halogenated alkanes) is 8. The van der Waals surface area contributed by atoms with E-state index >= 15 is 0 Å². The Balaban J connectivity index is 0.000000497. The molecule has 3 aromatic carbocycles. The Kier molecular flexibility index (Phi) is 14.6. The molecule has 0 aliphatic carbocycles. The van der Waals surface area contributed by atoms with Gasteiger partial charge in [0.05, 0.1) is 0 Å². The Labute approximate surface area is 209 Å². The van der Waals surface area contributed by atoms with Gasteiger partial charge in [0.2, 0.25) is 0 Å². The van der Waals surface area contributed by atoms with Gasteiger partial charge in [0, 0.05) is 0 Å². The van der Waals surface area contributed by atoms with Gasteiger partial charge in [-0.15, -0.1) is 0 Å². The van der Waals surface area contributed by atoms with Gasteiger partial charge in [-0.2, -0.15) is 0 Å². The van der Waals surface area contributed by atoms with Gasteiger partial charge >= 0.3 is 0 Å². The van der Waals surface area contributed by atoms with E-state index < -0.39 is 0 Å². The minimum Gasteiger partial charge on any atom is -0.508 e. The van der Waals surface area contributed by atoms with Gasteiger partial charge < -0.3 is 5.11 Å². The predicted molar refractivity (Wildman–Crippen MR) is 149 cm³/mol. The molecule has 0 heterocycles. The second kappa shape index (κ2) is 17.9. The molecule has 34 heavy (non-hydrogen) atoms. The van der Waals surface area contributed by atoms with Crippen molar-refractivity contribution in [2.75, 3.05) is 0 Å². The first-order valence-electron chi connectivity index (χ1n) is 13.6. The van der Waals surface area contributed by atoms with Crippen molar-refractivity contribution in [1.29, 1.82) is 0 Å². The van der Waals surface area contributed by atoms with Crippen LogP contribution in [0.5, 0.6) is 5.75 Å². The first kappa shape index (κ1) is 27.7. The molecule has 3 aromatic rings. The summed E-state index contributed by atoms with van der Waals surface area (Å²) in [7, 11) is 0. The van der Waals surface area contributed by atoms with Crippen LogP contribution in [0, 0.1) is 0 Å². The van der Waals surface area contributed by atoms with Gasteiger partial charge in [-0.3, -0.25) is 0 Å². The third kappa shape index (κ3) is 11.5. The number of rotatable bonds is 14. The summed E-state index contributed by atoms with van der Waals surface area (Å²) >= 11 is 0. The Hall–Kier alpha value is -2.54. The van der Waals surface area contributed by atoms with E-state index in [0.717, 1.165) is 6.42 Å². The van der Waals surface area contributed by atoms with Crippen LogP contribution in [0.1, 0.15) is 100 Å². The first-order valence-corrected chi connectivity index (χ1v) is 13.6. The van der Waals surface area contributed by atoms with E-state index in [4.69, 9.17) is 5.11 Å². The van der Waals surface area contributed by atoms with Crippen molar-refractivity contribution in [3.8, 4) is 5.75 Å². The molecule has 184 valence electrons. The quantitative estimate of drug-likeness (QED) is 0.238. The van der Waals surface area contributed by atoms with Crippen LogP contribution in [-0.2, 0) is 19.3 Å². The average Bonchev–Trinajstić information content (AvgIpc) is 2.86. The van der Waals surface area contributed by atoms with Crippen molar-refractivity contribution in [2.24, 2.45) is 0 Å². The fourth-order valence-electron chi connectivity index (χ4n) is 4.48. The van der Waals surface area contributed by atoms with Crippen molar-refractivity contribution in [1.82, 2.24) is 0 Å². The van der Waals surface area contributed by atoms with Gasteiger partial charge in [-0.05, 0) is 66.5 Å². The maximum absolute atomic E-state index is 8.63. The second-order valence-corrected chi connectivity index (χ2v) is 9.38. The van der Waals surface area contributed by atoms with Gasteiger partial charge in [0.15, 0.2) is 0 Å². The van der Waals surface area contributed by atoms with E-state index in [1.54, 1.807) is 41.0 Å². The van der Waals surface area contributed by atoms with Gasteiger partial charge in [0.25, 0.3) is 0 Å². The normalized spacial score (nSPS) is 10.5. The molecule has 0 aliphatic heterocycles. The summed E-state index contributed by atoms with van der Waals surface area (Å²) in [5, 5.41) is 8.63. The van der Waals surface area contributed by atoms with Crippen LogP contribution in [0.2, 0.25) is 0 Å². The molecular formula is C33H46O. The Morgan fingerprint density at radius 2 is 1.03 bits per heavy atom. The third-order valence-electron chi connectivity index (χ3n) is 6.44. The first-order chi connectivity index (χ1) is 16.7. The van der Waals surface area contributed by atoms with Crippen LogP contribution in [0.4, 0.5) is 0 Å². The number of aromatic hydroxyl groups is 1. The van der Waals surface area contributed by atoms with Crippen LogP contribution in [0.25, 0.3) is 0 Å². The van der Waals surface area contributed by atoms with E-state index in [0.29, 0.717) is 5.75 Å². The van der Waals surface area contributed by atoms with Crippen molar-refractivity contribution >= 4 is 0 Å². The number of aryl methyl sites for hydroxylation is 1. The Morgan fingerprint density at radius 3 is 1.59 bits per heavy atom. The highest BCUT2D eigenvalue weighted by Gasteiger charge is 2.09. The highest BCUT2D eigenvalue weighted by molar-refractivity contribution is 5.39. The minimum atomic E-state index is 0.322. The summed E-state index contributed by atoms with van der Waals surface area (Å²) in [6.45, 7) is 4.59. The fraction of sp³-hybridized carbons (Fsp3) is 0.455. The zero-order valence-electron chi connectivity index (χ0n) is 21.6. The van der Waals surface area contributed by atoms with Crippen LogP contribution >= 0.6 is 0 Å².